The molecule has 3 heterocycles. The third kappa shape index (κ3) is 6.44. The number of benzene rings is 1. The van der Waals surface area contributed by atoms with Crippen LogP contribution in [0.3, 0.4) is 0 Å². The van der Waals surface area contributed by atoms with Gasteiger partial charge in [0, 0.05) is 39.3 Å². The van der Waals surface area contributed by atoms with Gasteiger partial charge in [0.15, 0.2) is 11.6 Å². The zero-order chi connectivity index (χ0) is 25.6. The molecule has 1 aromatic carbocycles. The number of fused-ring (bicyclic) bond motifs is 1. The van der Waals surface area contributed by atoms with Crippen LogP contribution in [0.1, 0.15) is 50.1 Å². The van der Waals surface area contributed by atoms with Crippen LogP contribution in [-0.4, -0.2) is 42.9 Å². The van der Waals surface area contributed by atoms with Gasteiger partial charge in [0.25, 0.3) is 0 Å². The summed E-state index contributed by atoms with van der Waals surface area (Å²) >= 11 is 0. The van der Waals surface area contributed by atoms with Crippen molar-refractivity contribution in [1.29, 1.82) is 0 Å². The number of hydrogen-bond donors (Lipinski definition) is 2. The molecule has 9 nitrogen and oxygen atoms in total. The van der Waals surface area contributed by atoms with Crippen molar-refractivity contribution in [2.45, 2.75) is 48.5 Å². The number of nitrogens with zero attached hydrogens (tertiary/aromatic N) is 6. The molecular weight excluding hydrogens is 440 g/mol. The summed E-state index contributed by atoms with van der Waals surface area (Å²) in [6.45, 7) is 15.8. The molecule has 3 aromatic heterocycles. The van der Waals surface area contributed by atoms with Crippen molar-refractivity contribution in [2.75, 3.05) is 23.8 Å². The summed E-state index contributed by atoms with van der Waals surface area (Å²) in [4.78, 5) is 14.0. The molecule has 0 fully saturated rings. The van der Waals surface area contributed by atoms with Crippen LogP contribution in [0.2, 0.25) is 0 Å². The van der Waals surface area contributed by atoms with Gasteiger partial charge in [-0.15, -0.1) is 10.2 Å². The number of aryl methyl sites for hydroxylation is 2. The van der Waals surface area contributed by atoms with Crippen LogP contribution in [-0.2, 0) is 7.05 Å². The van der Waals surface area contributed by atoms with Gasteiger partial charge in [0.2, 0.25) is 5.95 Å². The first kappa shape index (κ1) is 25.9. The van der Waals surface area contributed by atoms with Gasteiger partial charge in [0.05, 0.1) is 12.3 Å². The van der Waals surface area contributed by atoms with E-state index in [1.807, 2.05) is 69.8 Å². The molecule has 0 saturated carbocycles. The largest absolute Gasteiger partial charge is 0.492 e. The first-order chi connectivity index (χ1) is 16.7. The van der Waals surface area contributed by atoms with E-state index in [9.17, 15) is 0 Å². The fraction of sp³-hybridized carbons (Fsp3) is 0.423. The van der Waals surface area contributed by atoms with Crippen molar-refractivity contribution < 1.29 is 7.59 Å². The lowest BCUT2D eigenvalue weighted by Crippen LogP contribution is -2.20. The Hall–Kier alpha value is -3.75. The molecule has 0 unspecified atom stereocenters. The fourth-order valence-corrected chi connectivity index (χ4v) is 3.41. The highest BCUT2D eigenvalue weighted by Crippen LogP contribution is 2.32. The van der Waals surface area contributed by atoms with Crippen LogP contribution in [0.4, 0.5) is 17.5 Å². The quantitative estimate of drug-likeness (QED) is 0.320. The lowest BCUT2D eigenvalue weighted by atomic mass is 9.97. The Morgan fingerprint density at radius 3 is 2.54 bits per heavy atom. The SMILES string of the molecule is CC.CCOc1cc(-c2nncn2C)ccc1Nc1ncc2cc(C)nc(NCC(C)(C)C)c2n1.[HH].[HH]. The van der Waals surface area contributed by atoms with Crippen molar-refractivity contribution in [3.8, 4) is 17.1 Å². The topological polar surface area (TPSA) is 103 Å². The Morgan fingerprint density at radius 1 is 1.11 bits per heavy atom. The number of ether oxygens (including phenoxy) is 1. The Balaban J connectivity index is 0.00000167. The van der Waals surface area contributed by atoms with Gasteiger partial charge in [0.1, 0.15) is 17.6 Å². The summed E-state index contributed by atoms with van der Waals surface area (Å²) in [5.74, 6) is 2.68. The van der Waals surface area contributed by atoms with E-state index in [0.717, 1.165) is 46.0 Å². The van der Waals surface area contributed by atoms with Crippen LogP contribution in [0.5, 0.6) is 5.75 Å². The lowest BCUT2D eigenvalue weighted by Gasteiger charge is -2.20. The molecule has 4 rings (SSSR count). The second-order valence-electron chi connectivity index (χ2n) is 9.19. The summed E-state index contributed by atoms with van der Waals surface area (Å²) in [5.41, 5.74) is 3.49. The molecular formula is C26H40N8O. The van der Waals surface area contributed by atoms with Crippen LogP contribution in [0.25, 0.3) is 22.3 Å². The molecule has 4 aromatic rings. The molecule has 0 spiro atoms. The van der Waals surface area contributed by atoms with E-state index in [1.165, 1.54) is 0 Å². The van der Waals surface area contributed by atoms with Crippen molar-refractivity contribution >= 4 is 28.4 Å². The molecule has 0 atom stereocenters. The number of pyridine rings is 1. The van der Waals surface area contributed by atoms with E-state index in [0.29, 0.717) is 18.3 Å². The Labute approximate surface area is 210 Å². The summed E-state index contributed by atoms with van der Waals surface area (Å²) in [6, 6.07) is 7.84. The number of rotatable bonds is 7. The Morgan fingerprint density at radius 2 is 1.89 bits per heavy atom. The van der Waals surface area contributed by atoms with Crippen molar-refractivity contribution in [2.24, 2.45) is 12.5 Å². The second-order valence-corrected chi connectivity index (χ2v) is 9.19. The monoisotopic (exact) mass is 480 g/mol. The normalized spacial score (nSPS) is 11.1. The summed E-state index contributed by atoms with van der Waals surface area (Å²) in [7, 11) is 1.91. The van der Waals surface area contributed by atoms with E-state index in [1.54, 1.807) is 6.33 Å². The molecule has 0 aliphatic carbocycles. The number of anilines is 3. The molecule has 0 aliphatic rings. The van der Waals surface area contributed by atoms with Gasteiger partial charge in [-0.25, -0.2) is 15.0 Å². The van der Waals surface area contributed by atoms with Crippen LogP contribution >= 0.6 is 0 Å². The zero-order valence-electron chi connectivity index (χ0n) is 22.0. The van der Waals surface area contributed by atoms with Crippen molar-refractivity contribution in [3.63, 3.8) is 0 Å². The Kier molecular flexibility index (Phi) is 8.22. The highest BCUT2D eigenvalue weighted by atomic mass is 16.5. The molecule has 35 heavy (non-hydrogen) atoms. The molecule has 190 valence electrons. The highest BCUT2D eigenvalue weighted by molar-refractivity contribution is 5.89. The molecule has 0 radical (unpaired) electrons. The predicted molar refractivity (Wildman–Crippen MR) is 146 cm³/mol. The first-order valence-electron chi connectivity index (χ1n) is 12.0. The lowest BCUT2D eigenvalue weighted by molar-refractivity contribution is 0.342. The maximum atomic E-state index is 5.89. The average molecular weight is 481 g/mol. The molecule has 0 saturated heterocycles. The zero-order valence-corrected chi connectivity index (χ0v) is 22.0. The van der Waals surface area contributed by atoms with Gasteiger partial charge < -0.3 is 19.9 Å². The molecule has 0 bridgehead atoms. The maximum absolute atomic E-state index is 5.89. The number of hydrogen-bond acceptors (Lipinski definition) is 8. The van der Waals surface area contributed by atoms with Crippen molar-refractivity contribution in [1.82, 2.24) is 29.7 Å². The number of nitrogens with one attached hydrogen (secondary N) is 2. The van der Waals surface area contributed by atoms with E-state index in [2.05, 4.69) is 51.6 Å². The Bertz CT molecular complexity index is 1290. The average Bonchev–Trinajstić information content (AvgIpc) is 3.25. The minimum Gasteiger partial charge on any atom is -0.492 e. The molecule has 9 heteroatoms. The van der Waals surface area contributed by atoms with Gasteiger partial charge in [-0.1, -0.05) is 34.6 Å². The second kappa shape index (κ2) is 11.1. The third-order valence-electron chi connectivity index (χ3n) is 4.98. The van der Waals surface area contributed by atoms with Gasteiger partial charge in [-0.05, 0) is 43.5 Å². The van der Waals surface area contributed by atoms with Crippen LogP contribution in [0.15, 0.2) is 36.8 Å². The van der Waals surface area contributed by atoms with Gasteiger partial charge in [-0.2, -0.15) is 0 Å². The summed E-state index contributed by atoms with van der Waals surface area (Å²) in [6.07, 6.45) is 3.49. The molecule has 0 amide bonds. The van der Waals surface area contributed by atoms with E-state index in [-0.39, 0.29) is 8.27 Å². The first-order valence-corrected chi connectivity index (χ1v) is 12.0. The van der Waals surface area contributed by atoms with E-state index < -0.39 is 0 Å². The van der Waals surface area contributed by atoms with Gasteiger partial charge >= 0.3 is 0 Å². The van der Waals surface area contributed by atoms with Gasteiger partial charge in [-0.3, -0.25) is 0 Å². The minimum atomic E-state index is 0. The summed E-state index contributed by atoms with van der Waals surface area (Å²) < 4.78 is 7.76. The highest BCUT2D eigenvalue weighted by Gasteiger charge is 2.15. The smallest absolute Gasteiger partial charge is 0.227 e. The van der Waals surface area contributed by atoms with Crippen molar-refractivity contribution in [3.05, 3.63) is 42.5 Å². The molecule has 0 aliphatic heterocycles. The van der Waals surface area contributed by atoms with Crippen LogP contribution in [0, 0.1) is 12.3 Å². The maximum Gasteiger partial charge on any atom is 0.227 e. The standard InChI is InChI=1S/C24H30N8O.C2H6.2H2/c1-7-33-19-11-16(22-31-27-14-32(22)6)8-9-18(19)29-23-25-12-17-10-15(2)28-21(20(17)30-23)26-13-24(3,4)5;1-2;;/h8-12,14H,7,13H2,1-6H3,(H,26,28)(H,25,29,30);1-2H3;2*1H. The number of aromatic nitrogens is 6. The fourth-order valence-electron chi connectivity index (χ4n) is 3.41. The summed E-state index contributed by atoms with van der Waals surface area (Å²) in [5, 5.41) is 15.8. The van der Waals surface area contributed by atoms with Crippen LogP contribution < -0.4 is 15.4 Å². The van der Waals surface area contributed by atoms with E-state index in [4.69, 9.17) is 9.72 Å². The third-order valence-corrected chi connectivity index (χ3v) is 4.98. The molecule has 2 N–H and O–H groups in total. The minimum absolute atomic E-state index is 0. The predicted octanol–water partition coefficient (Wildman–Crippen LogP) is 6.25. The van der Waals surface area contributed by atoms with E-state index >= 15 is 0 Å².